The lowest BCUT2D eigenvalue weighted by Crippen LogP contribution is -2.37. The number of anilines is 1. The highest BCUT2D eigenvalue weighted by Crippen LogP contribution is 2.51. The number of hydrogen-bond acceptors (Lipinski definition) is 3. The van der Waals surface area contributed by atoms with Crippen molar-refractivity contribution in [2.45, 2.75) is 51.4 Å². The lowest BCUT2D eigenvalue weighted by atomic mass is 9.91. The fraction of sp³-hybridized carbons (Fsp3) is 0.381. The van der Waals surface area contributed by atoms with Crippen molar-refractivity contribution in [3.05, 3.63) is 47.8 Å². The summed E-state index contributed by atoms with van der Waals surface area (Å²) >= 11 is 0. The summed E-state index contributed by atoms with van der Waals surface area (Å²) in [6.07, 6.45) is 9.24. The molecule has 2 N–H and O–H groups in total. The Morgan fingerprint density at radius 2 is 1.96 bits per heavy atom. The van der Waals surface area contributed by atoms with Crippen molar-refractivity contribution in [1.82, 2.24) is 4.98 Å². The van der Waals surface area contributed by atoms with Gasteiger partial charge in [-0.25, -0.2) is 0 Å². The lowest BCUT2D eigenvalue weighted by Gasteiger charge is -2.31. The van der Waals surface area contributed by atoms with Crippen LogP contribution in [0.4, 0.5) is 5.69 Å². The van der Waals surface area contributed by atoms with Crippen LogP contribution in [0.5, 0.6) is 0 Å². The van der Waals surface area contributed by atoms with Crippen LogP contribution in [0.3, 0.4) is 0 Å². The van der Waals surface area contributed by atoms with Crippen molar-refractivity contribution in [3.63, 3.8) is 0 Å². The minimum absolute atomic E-state index is 0.361. The molecule has 0 saturated heterocycles. The molecule has 0 atom stereocenters. The molecule has 1 aromatic carbocycles. The van der Waals surface area contributed by atoms with E-state index in [9.17, 15) is 0 Å². The number of hydrogen-bond donors (Lipinski definition) is 2. The van der Waals surface area contributed by atoms with Crippen LogP contribution in [-0.2, 0) is 11.8 Å². The van der Waals surface area contributed by atoms with Gasteiger partial charge in [0.2, 0.25) is 0 Å². The third-order valence-electron chi connectivity index (χ3n) is 5.77. The Balaban J connectivity index is 1.73. The molecule has 0 radical (unpaired) electrons. The standard InChI is InChI=1S/C21H24N4/c1-3-21(8-9-21)18-11-17(12-24-13-18)15-4-6-19-16(10-15)5-7-20(23)25(19)14(2)22/h4,6,10-13,22-23H,3,5,7-9H2,1-2H3. The van der Waals surface area contributed by atoms with E-state index in [-0.39, 0.29) is 0 Å². The molecule has 1 aliphatic carbocycles. The Bertz CT molecular complexity index is 864. The molecular weight excluding hydrogens is 308 g/mol. The maximum atomic E-state index is 8.12. The van der Waals surface area contributed by atoms with Crippen LogP contribution >= 0.6 is 0 Å². The van der Waals surface area contributed by atoms with Crippen molar-refractivity contribution < 1.29 is 0 Å². The molecule has 128 valence electrons. The molecule has 0 unspecified atom stereocenters. The molecule has 25 heavy (non-hydrogen) atoms. The zero-order valence-electron chi connectivity index (χ0n) is 14.9. The van der Waals surface area contributed by atoms with Crippen molar-refractivity contribution in [2.24, 2.45) is 0 Å². The highest BCUT2D eigenvalue weighted by molar-refractivity contribution is 6.17. The van der Waals surface area contributed by atoms with Gasteiger partial charge in [0.15, 0.2) is 0 Å². The van der Waals surface area contributed by atoms with E-state index in [1.165, 1.54) is 41.5 Å². The molecule has 1 aliphatic heterocycles. The van der Waals surface area contributed by atoms with Crippen LogP contribution in [0.1, 0.15) is 50.7 Å². The Morgan fingerprint density at radius 3 is 2.64 bits per heavy atom. The van der Waals surface area contributed by atoms with Crippen molar-refractivity contribution in [1.29, 1.82) is 10.8 Å². The second kappa shape index (κ2) is 5.80. The summed E-state index contributed by atoms with van der Waals surface area (Å²) in [7, 11) is 0. The Labute approximate surface area is 148 Å². The first-order valence-corrected chi connectivity index (χ1v) is 9.05. The van der Waals surface area contributed by atoms with Gasteiger partial charge in [-0.2, -0.15) is 0 Å². The minimum Gasteiger partial charge on any atom is -0.288 e. The minimum atomic E-state index is 0.361. The number of aryl methyl sites for hydroxylation is 1. The van der Waals surface area contributed by atoms with E-state index in [0.29, 0.717) is 23.5 Å². The highest BCUT2D eigenvalue weighted by Gasteiger charge is 2.42. The van der Waals surface area contributed by atoms with E-state index >= 15 is 0 Å². The fourth-order valence-electron chi connectivity index (χ4n) is 3.96. The van der Waals surface area contributed by atoms with E-state index in [1.807, 2.05) is 12.4 Å². The van der Waals surface area contributed by atoms with E-state index in [2.05, 4.69) is 36.2 Å². The van der Waals surface area contributed by atoms with Gasteiger partial charge in [-0.05, 0) is 72.9 Å². The Hall–Kier alpha value is -2.49. The van der Waals surface area contributed by atoms with Crippen molar-refractivity contribution in [3.8, 4) is 11.1 Å². The second-order valence-electron chi connectivity index (χ2n) is 7.31. The normalized spacial score (nSPS) is 18.0. The van der Waals surface area contributed by atoms with Gasteiger partial charge in [-0.15, -0.1) is 0 Å². The first kappa shape index (κ1) is 16.0. The SMILES string of the molecule is CCC1(c2cncc(-c3ccc4c(c3)CCC(=N)N4C(C)=N)c2)CC1. The molecule has 2 aromatic rings. The number of nitrogens with one attached hydrogen (secondary N) is 2. The number of pyridine rings is 1. The fourth-order valence-corrected chi connectivity index (χ4v) is 3.96. The molecule has 2 heterocycles. The third kappa shape index (κ3) is 2.66. The predicted octanol–water partition coefficient (Wildman–Crippen LogP) is 4.92. The molecule has 1 saturated carbocycles. The first-order chi connectivity index (χ1) is 12.0. The summed E-state index contributed by atoms with van der Waals surface area (Å²) in [6.45, 7) is 4.01. The quantitative estimate of drug-likeness (QED) is 0.619. The predicted molar refractivity (Wildman–Crippen MR) is 103 cm³/mol. The van der Waals surface area contributed by atoms with E-state index in [0.717, 1.165) is 12.1 Å². The molecular formula is C21H24N4. The van der Waals surface area contributed by atoms with Crippen LogP contribution in [0, 0.1) is 10.8 Å². The van der Waals surface area contributed by atoms with Crippen LogP contribution in [-0.4, -0.2) is 16.7 Å². The molecule has 4 heteroatoms. The Kier molecular flexibility index (Phi) is 3.71. The summed E-state index contributed by atoms with van der Waals surface area (Å²) in [4.78, 5) is 6.25. The van der Waals surface area contributed by atoms with Crippen molar-refractivity contribution >= 4 is 17.4 Å². The average Bonchev–Trinajstić information content (AvgIpc) is 3.42. The molecule has 4 rings (SSSR count). The Morgan fingerprint density at radius 1 is 1.16 bits per heavy atom. The monoisotopic (exact) mass is 332 g/mol. The van der Waals surface area contributed by atoms with E-state index in [4.69, 9.17) is 10.8 Å². The average molecular weight is 332 g/mol. The van der Waals surface area contributed by atoms with Gasteiger partial charge in [-0.1, -0.05) is 13.0 Å². The van der Waals surface area contributed by atoms with Gasteiger partial charge in [0.05, 0.1) is 5.69 Å². The van der Waals surface area contributed by atoms with Gasteiger partial charge < -0.3 is 0 Å². The molecule has 0 spiro atoms. The number of aromatic nitrogens is 1. The molecule has 2 aliphatic rings. The maximum absolute atomic E-state index is 8.12. The topological polar surface area (TPSA) is 63.8 Å². The zero-order valence-corrected chi connectivity index (χ0v) is 14.9. The van der Waals surface area contributed by atoms with E-state index < -0.39 is 0 Å². The maximum Gasteiger partial charge on any atom is 0.106 e. The summed E-state index contributed by atoms with van der Waals surface area (Å²) in [5, 5.41) is 16.1. The summed E-state index contributed by atoms with van der Waals surface area (Å²) < 4.78 is 0. The van der Waals surface area contributed by atoms with Crippen LogP contribution < -0.4 is 4.90 Å². The van der Waals surface area contributed by atoms with Gasteiger partial charge in [0, 0.05) is 24.4 Å². The number of fused-ring (bicyclic) bond motifs is 1. The van der Waals surface area contributed by atoms with Gasteiger partial charge in [0.25, 0.3) is 0 Å². The second-order valence-corrected chi connectivity index (χ2v) is 7.31. The number of nitrogens with zero attached hydrogens (tertiary/aromatic N) is 2. The highest BCUT2D eigenvalue weighted by atomic mass is 15.2. The van der Waals surface area contributed by atoms with Crippen LogP contribution in [0.15, 0.2) is 36.7 Å². The summed E-state index contributed by atoms with van der Waals surface area (Å²) in [5.41, 5.74) is 6.25. The smallest absolute Gasteiger partial charge is 0.106 e. The molecule has 4 nitrogen and oxygen atoms in total. The molecule has 0 bridgehead atoms. The number of amidine groups is 2. The number of benzene rings is 1. The molecule has 1 fully saturated rings. The van der Waals surface area contributed by atoms with Crippen molar-refractivity contribution in [2.75, 3.05) is 4.90 Å². The van der Waals surface area contributed by atoms with Gasteiger partial charge in [-0.3, -0.25) is 20.7 Å². The molecule has 0 amide bonds. The summed E-state index contributed by atoms with van der Waals surface area (Å²) in [5.74, 6) is 0.913. The summed E-state index contributed by atoms with van der Waals surface area (Å²) in [6, 6.07) is 8.66. The van der Waals surface area contributed by atoms with Gasteiger partial charge in [0.1, 0.15) is 11.7 Å². The third-order valence-corrected chi connectivity index (χ3v) is 5.77. The van der Waals surface area contributed by atoms with Crippen LogP contribution in [0.2, 0.25) is 0 Å². The number of rotatable bonds is 3. The zero-order chi connectivity index (χ0) is 17.6. The largest absolute Gasteiger partial charge is 0.288 e. The first-order valence-electron chi connectivity index (χ1n) is 9.05. The van der Waals surface area contributed by atoms with E-state index in [1.54, 1.807) is 11.8 Å². The van der Waals surface area contributed by atoms with Gasteiger partial charge >= 0.3 is 0 Å². The van der Waals surface area contributed by atoms with Crippen LogP contribution in [0.25, 0.3) is 11.1 Å². The lowest BCUT2D eigenvalue weighted by molar-refractivity contribution is 0.661. The molecule has 1 aromatic heterocycles.